The van der Waals surface area contributed by atoms with Crippen LogP contribution in [0.5, 0.6) is 0 Å². The van der Waals surface area contributed by atoms with Crippen LogP contribution in [-0.4, -0.2) is 12.0 Å². The summed E-state index contributed by atoms with van der Waals surface area (Å²) in [4.78, 5) is 4.38. The molecule has 0 aliphatic heterocycles. The highest BCUT2D eigenvalue weighted by molar-refractivity contribution is 7.07. The second kappa shape index (κ2) is 4.71. The molecule has 0 aromatic carbocycles. The number of nitrogens with zero attached hydrogens (tertiary/aromatic N) is 1. The number of aromatic nitrogens is 1. The maximum atomic E-state index is 4.38. The molecule has 14 heavy (non-hydrogen) atoms. The first kappa shape index (κ1) is 9.87. The lowest BCUT2D eigenvalue weighted by Gasteiger charge is -2.21. The maximum absolute atomic E-state index is 4.38. The van der Waals surface area contributed by atoms with E-state index in [1.165, 1.54) is 37.0 Å². The summed E-state index contributed by atoms with van der Waals surface area (Å²) in [7, 11) is 2.01. The number of rotatable bonds is 3. The van der Waals surface area contributed by atoms with Crippen LogP contribution < -0.4 is 5.32 Å². The van der Waals surface area contributed by atoms with E-state index in [-0.39, 0.29) is 0 Å². The van der Waals surface area contributed by atoms with Crippen molar-refractivity contribution >= 4 is 11.3 Å². The Balaban J connectivity index is 2.16. The molecule has 1 unspecified atom stereocenters. The number of thiazole rings is 1. The van der Waals surface area contributed by atoms with Gasteiger partial charge in [0.15, 0.2) is 0 Å². The number of hydrogen-bond donors (Lipinski definition) is 1. The zero-order valence-corrected chi connectivity index (χ0v) is 9.31. The number of hydrogen-bond acceptors (Lipinski definition) is 3. The molecule has 1 heterocycles. The Morgan fingerprint density at radius 2 is 2.43 bits per heavy atom. The summed E-state index contributed by atoms with van der Waals surface area (Å²) in [5.41, 5.74) is 4.60. The minimum absolute atomic E-state index is 0.349. The molecule has 1 aliphatic rings. The van der Waals surface area contributed by atoms with Gasteiger partial charge in [0.1, 0.15) is 0 Å². The molecule has 76 valence electrons. The summed E-state index contributed by atoms with van der Waals surface area (Å²) in [6.07, 6.45) is 7.51. The molecule has 0 spiro atoms. The Kier molecular flexibility index (Phi) is 3.32. The Labute approximate surface area is 89.1 Å². The van der Waals surface area contributed by atoms with Crippen LogP contribution in [0.15, 0.2) is 22.5 Å². The van der Waals surface area contributed by atoms with Crippen LogP contribution in [0.3, 0.4) is 0 Å². The lowest BCUT2D eigenvalue weighted by Crippen LogP contribution is -2.20. The fourth-order valence-electron chi connectivity index (χ4n) is 2.01. The fourth-order valence-corrected chi connectivity index (χ4v) is 2.59. The average Bonchev–Trinajstić information content (AvgIpc) is 2.74. The fraction of sp³-hybridized carbons (Fsp3) is 0.545. The van der Waals surface area contributed by atoms with Crippen LogP contribution >= 0.6 is 11.3 Å². The van der Waals surface area contributed by atoms with Crippen LogP contribution in [0.1, 0.15) is 37.4 Å². The first-order chi connectivity index (χ1) is 6.92. The molecule has 0 amide bonds. The second-order valence-electron chi connectivity index (χ2n) is 3.66. The summed E-state index contributed by atoms with van der Waals surface area (Å²) in [6, 6.07) is 0.349. The Hall–Kier alpha value is -0.670. The topological polar surface area (TPSA) is 24.9 Å². The van der Waals surface area contributed by atoms with Crippen molar-refractivity contribution in [3.05, 3.63) is 28.2 Å². The van der Waals surface area contributed by atoms with Crippen molar-refractivity contribution in [2.24, 2.45) is 0 Å². The second-order valence-corrected chi connectivity index (χ2v) is 4.38. The third kappa shape index (κ3) is 2.04. The van der Waals surface area contributed by atoms with Crippen molar-refractivity contribution in [2.45, 2.75) is 31.7 Å². The standard InChI is InChI=1S/C11H16N2S/c1-12-11(10-7-14-8-13-10)9-5-3-2-4-6-9/h5,7-8,11-12H,2-4,6H2,1H3. The highest BCUT2D eigenvalue weighted by atomic mass is 32.1. The van der Waals surface area contributed by atoms with Gasteiger partial charge in [0, 0.05) is 5.38 Å². The summed E-state index contributed by atoms with van der Waals surface area (Å²) >= 11 is 1.67. The predicted molar refractivity (Wildman–Crippen MR) is 60.5 cm³/mol. The zero-order chi connectivity index (χ0) is 9.80. The first-order valence-electron chi connectivity index (χ1n) is 5.16. The molecule has 0 saturated heterocycles. The van der Waals surface area contributed by atoms with E-state index in [0.717, 1.165) is 0 Å². The van der Waals surface area contributed by atoms with Crippen LogP contribution in [0, 0.1) is 0 Å². The van der Waals surface area contributed by atoms with Gasteiger partial charge >= 0.3 is 0 Å². The van der Waals surface area contributed by atoms with Crippen molar-refractivity contribution in [1.82, 2.24) is 10.3 Å². The van der Waals surface area contributed by atoms with Crippen LogP contribution in [0.25, 0.3) is 0 Å². The van der Waals surface area contributed by atoms with Gasteiger partial charge in [-0.25, -0.2) is 4.98 Å². The molecule has 1 N–H and O–H groups in total. The molecule has 1 atom stereocenters. The molecular weight excluding hydrogens is 192 g/mol. The monoisotopic (exact) mass is 208 g/mol. The molecule has 1 aromatic rings. The van der Waals surface area contributed by atoms with Crippen LogP contribution in [0.4, 0.5) is 0 Å². The molecule has 0 radical (unpaired) electrons. The van der Waals surface area contributed by atoms with Gasteiger partial charge in [0.25, 0.3) is 0 Å². The van der Waals surface area contributed by atoms with Gasteiger partial charge in [-0.3, -0.25) is 0 Å². The number of likely N-dealkylation sites (N-methyl/N-ethyl adjacent to an activating group) is 1. The van der Waals surface area contributed by atoms with Gasteiger partial charge < -0.3 is 5.32 Å². The molecule has 3 heteroatoms. The van der Waals surface area contributed by atoms with Crippen molar-refractivity contribution in [1.29, 1.82) is 0 Å². The first-order valence-corrected chi connectivity index (χ1v) is 6.10. The average molecular weight is 208 g/mol. The largest absolute Gasteiger partial charge is 0.308 e. The lowest BCUT2D eigenvalue weighted by atomic mass is 9.93. The Morgan fingerprint density at radius 1 is 1.50 bits per heavy atom. The Bertz CT molecular complexity index is 303. The van der Waals surface area contributed by atoms with Crippen molar-refractivity contribution in [2.75, 3.05) is 7.05 Å². The van der Waals surface area contributed by atoms with Gasteiger partial charge in [0.2, 0.25) is 0 Å². The minimum atomic E-state index is 0.349. The number of allylic oxidation sites excluding steroid dienone is 1. The normalized spacial score (nSPS) is 19.1. The summed E-state index contributed by atoms with van der Waals surface area (Å²) in [5, 5.41) is 5.49. The third-order valence-corrected chi connectivity index (χ3v) is 3.34. The van der Waals surface area contributed by atoms with E-state index in [9.17, 15) is 0 Å². The number of nitrogens with one attached hydrogen (secondary N) is 1. The molecule has 2 rings (SSSR count). The molecule has 2 nitrogen and oxygen atoms in total. The summed E-state index contributed by atoms with van der Waals surface area (Å²) in [5.74, 6) is 0. The van der Waals surface area contributed by atoms with E-state index in [1.54, 1.807) is 11.3 Å². The Morgan fingerprint density at radius 3 is 3.00 bits per heavy atom. The quantitative estimate of drug-likeness (QED) is 0.773. The molecule has 0 bridgehead atoms. The van der Waals surface area contributed by atoms with Gasteiger partial charge in [-0.05, 0) is 32.7 Å². The van der Waals surface area contributed by atoms with Gasteiger partial charge in [-0.2, -0.15) is 0 Å². The van der Waals surface area contributed by atoms with E-state index in [4.69, 9.17) is 0 Å². The third-order valence-electron chi connectivity index (χ3n) is 2.73. The van der Waals surface area contributed by atoms with E-state index in [2.05, 4.69) is 21.8 Å². The van der Waals surface area contributed by atoms with Crippen molar-refractivity contribution in [3.63, 3.8) is 0 Å². The van der Waals surface area contributed by atoms with Crippen molar-refractivity contribution in [3.8, 4) is 0 Å². The van der Waals surface area contributed by atoms with E-state index >= 15 is 0 Å². The highest BCUT2D eigenvalue weighted by Gasteiger charge is 2.17. The van der Waals surface area contributed by atoms with Crippen LogP contribution in [0.2, 0.25) is 0 Å². The smallest absolute Gasteiger partial charge is 0.0795 e. The zero-order valence-electron chi connectivity index (χ0n) is 8.49. The highest BCUT2D eigenvalue weighted by Crippen LogP contribution is 2.29. The van der Waals surface area contributed by atoms with Gasteiger partial charge in [0.05, 0.1) is 17.2 Å². The SMILES string of the molecule is CNC(C1=CCCCC1)c1cscn1. The van der Waals surface area contributed by atoms with E-state index in [0.29, 0.717) is 6.04 Å². The van der Waals surface area contributed by atoms with Crippen LogP contribution in [-0.2, 0) is 0 Å². The summed E-state index contributed by atoms with van der Waals surface area (Å²) in [6.45, 7) is 0. The van der Waals surface area contributed by atoms with Gasteiger partial charge in [-0.15, -0.1) is 11.3 Å². The molecule has 1 aromatic heterocycles. The van der Waals surface area contributed by atoms with E-state index < -0.39 is 0 Å². The molecule has 0 saturated carbocycles. The summed E-state index contributed by atoms with van der Waals surface area (Å²) < 4.78 is 0. The van der Waals surface area contributed by atoms with E-state index in [1.807, 2.05) is 12.6 Å². The molecule has 1 aliphatic carbocycles. The maximum Gasteiger partial charge on any atom is 0.0795 e. The molecular formula is C11H16N2S. The minimum Gasteiger partial charge on any atom is -0.308 e. The molecule has 0 fully saturated rings. The van der Waals surface area contributed by atoms with Gasteiger partial charge in [-0.1, -0.05) is 11.6 Å². The predicted octanol–water partition coefficient (Wildman–Crippen LogP) is 2.90. The lowest BCUT2D eigenvalue weighted by molar-refractivity contribution is 0.585. The van der Waals surface area contributed by atoms with Crippen molar-refractivity contribution < 1.29 is 0 Å².